The molecule has 0 aromatic heterocycles. The lowest BCUT2D eigenvalue weighted by Crippen LogP contribution is -2.48. The number of methoxy groups -OCH3 is 2. The largest absolute Gasteiger partial charge is 0.493 e. The molecule has 0 saturated heterocycles. The van der Waals surface area contributed by atoms with E-state index in [1.54, 1.807) is 21.3 Å². The van der Waals surface area contributed by atoms with Crippen LogP contribution in [-0.4, -0.2) is 45.2 Å². The van der Waals surface area contributed by atoms with Gasteiger partial charge in [-0.25, -0.2) is 0 Å². The van der Waals surface area contributed by atoms with Crippen molar-refractivity contribution in [1.82, 2.24) is 16.0 Å². The summed E-state index contributed by atoms with van der Waals surface area (Å²) in [5.41, 5.74) is 0.716. The second kappa shape index (κ2) is 9.50. The van der Waals surface area contributed by atoms with Gasteiger partial charge in [0.2, 0.25) is 5.91 Å². The summed E-state index contributed by atoms with van der Waals surface area (Å²) in [5.74, 6) is 1.73. The van der Waals surface area contributed by atoms with Crippen molar-refractivity contribution in [3.63, 3.8) is 0 Å². The van der Waals surface area contributed by atoms with Crippen molar-refractivity contribution in [2.75, 3.05) is 27.8 Å². The Morgan fingerprint density at radius 2 is 1.88 bits per heavy atom. The highest BCUT2D eigenvalue weighted by Gasteiger charge is 2.14. The van der Waals surface area contributed by atoms with Gasteiger partial charge in [0.25, 0.3) is 0 Å². The number of benzene rings is 1. The summed E-state index contributed by atoms with van der Waals surface area (Å²) in [4.78, 5) is 16.0. The number of carbonyl (C=O) groups is 1. The van der Waals surface area contributed by atoms with Crippen LogP contribution in [0.3, 0.4) is 0 Å². The second-order valence-corrected chi connectivity index (χ2v) is 7.24. The fraction of sp³-hybridized carbons (Fsp3) is 0.529. The number of carbonyl (C=O) groups excluding carboxylic acids is 1. The first kappa shape index (κ1) is 21.1. The molecule has 25 heavy (non-hydrogen) atoms. The summed E-state index contributed by atoms with van der Waals surface area (Å²) < 4.78 is 11.4. The zero-order valence-electron chi connectivity index (χ0n) is 15.6. The van der Waals surface area contributed by atoms with Crippen molar-refractivity contribution in [3.05, 3.63) is 22.2 Å². The summed E-state index contributed by atoms with van der Waals surface area (Å²) in [6.45, 7) is 6.47. The lowest BCUT2D eigenvalue weighted by molar-refractivity contribution is -0.121. The maximum Gasteiger partial charge on any atom is 0.239 e. The van der Waals surface area contributed by atoms with Crippen LogP contribution in [0.2, 0.25) is 0 Å². The van der Waals surface area contributed by atoms with E-state index >= 15 is 0 Å². The van der Waals surface area contributed by atoms with Crippen LogP contribution in [0, 0.1) is 0 Å². The Labute approximate surface area is 157 Å². The number of ether oxygens (including phenoxy) is 2. The average molecular weight is 415 g/mol. The van der Waals surface area contributed by atoms with E-state index in [-0.39, 0.29) is 18.0 Å². The highest BCUT2D eigenvalue weighted by Crippen LogP contribution is 2.36. The fourth-order valence-electron chi connectivity index (χ4n) is 2.11. The van der Waals surface area contributed by atoms with Crippen LogP contribution in [0.1, 0.15) is 26.3 Å². The summed E-state index contributed by atoms with van der Waals surface area (Å²) in [5, 5.41) is 9.04. The van der Waals surface area contributed by atoms with E-state index in [2.05, 4.69) is 36.9 Å². The monoisotopic (exact) mass is 414 g/mol. The molecule has 0 aliphatic heterocycles. The minimum absolute atomic E-state index is 0.0932. The van der Waals surface area contributed by atoms with Crippen molar-refractivity contribution in [2.24, 2.45) is 4.99 Å². The van der Waals surface area contributed by atoms with E-state index in [1.807, 2.05) is 32.9 Å². The highest BCUT2D eigenvalue weighted by molar-refractivity contribution is 9.10. The predicted molar refractivity (Wildman–Crippen MR) is 103 cm³/mol. The molecule has 140 valence electrons. The van der Waals surface area contributed by atoms with Crippen molar-refractivity contribution in [3.8, 4) is 11.5 Å². The van der Waals surface area contributed by atoms with E-state index < -0.39 is 0 Å². The van der Waals surface area contributed by atoms with Crippen LogP contribution in [0.25, 0.3) is 0 Å². The molecule has 0 radical (unpaired) electrons. The van der Waals surface area contributed by atoms with E-state index in [0.717, 1.165) is 10.0 Å². The number of hydrogen-bond acceptors (Lipinski definition) is 4. The lowest BCUT2D eigenvalue weighted by atomic mass is 10.1. The first-order valence-corrected chi connectivity index (χ1v) is 8.65. The molecule has 8 heteroatoms. The molecule has 0 saturated carbocycles. The molecular weight excluding hydrogens is 388 g/mol. The molecule has 0 unspecified atom stereocenters. The molecule has 0 spiro atoms. The topological polar surface area (TPSA) is 84.0 Å². The van der Waals surface area contributed by atoms with Crippen LogP contribution in [-0.2, 0) is 11.3 Å². The predicted octanol–water partition coefficient (Wildman–Crippen LogP) is 2.05. The molecule has 0 fully saturated rings. The third kappa shape index (κ3) is 7.21. The number of nitrogens with one attached hydrogen (secondary N) is 3. The summed E-state index contributed by atoms with van der Waals surface area (Å²) in [6.07, 6.45) is 0. The van der Waals surface area contributed by atoms with Gasteiger partial charge in [0.1, 0.15) is 0 Å². The molecule has 1 aromatic rings. The maximum absolute atomic E-state index is 11.9. The molecule has 7 nitrogen and oxygen atoms in total. The Hall–Kier alpha value is -1.96. The molecule has 0 atom stereocenters. The molecule has 1 aromatic carbocycles. The minimum atomic E-state index is -0.262. The molecule has 1 rings (SSSR count). The number of aliphatic imine (C=N–C) groups is 1. The maximum atomic E-state index is 11.9. The van der Waals surface area contributed by atoms with Gasteiger partial charge in [-0.3, -0.25) is 9.79 Å². The van der Waals surface area contributed by atoms with Crippen molar-refractivity contribution in [2.45, 2.75) is 32.9 Å². The van der Waals surface area contributed by atoms with Gasteiger partial charge in [-0.2, -0.15) is 0 Å². The number of nitrogens with zero attached hydrogens (tertiary/aromatic N) is 1. The van der Waals surface area contributed by atoms with E-state index in [1.165, 1.54) is 0 Å². The van der Waals surface area contributed by atoms with Crippen molar-refractivity contribution in [1.29, 1.82) is 0 Å². The van der Waals surface area contributed by atoms with Gasteiger partial charge < -0.3 is 25.4 Å². The third-order valence-electron chi connectivity index (χ3n) is 3.11. The molecule has 1 amide bonds. The van der Waals surface area contributed by atoms with Gasteiger partial charge in [-0.05, 0) is 54.4 Å². The number of amides is 1. The van der Waals surface area contributed by atoms with E-state index in [0.29, 0.717) is 24.0 Å². The van der Waals surface area contributed by atoms with Gasteiger partial charge in [0.15, 0.2) is 17.5 Å². The summed E-state index contributed by atoms with van der Waals surface area (Å²) >= 11 is 3.47. The Bertz CT molecular complexity index is 627. The van der Waals surface area contributed by atoms with Crippen molar-refractivity contribution >= 4 is 27.8 Å². The molecule has 0 aliphatic carbocycles. The molecule has 3 N–H and O–H groups in total. The van der Waals surface area contributed by atoms with Crippen LogP contribution >= 0.6 is 15.9 Å². The number of guanidine groups is 1. The standard InChI is InChI=1S/C17H27BrN4O3/c1-17(2,3)22-14(23)10-21-16(19-4)20-9-11-7-12(18)15(25-6)13(8-11)24-5/h7-8H,9-10H2,1-6H3,(H,22,23)(H2,19,20,21). The second-order valence-electron chi connectivity index (χ2n) is 6.39. The van der Waals surface area contributed by atoms with E-state index in [9.17, 15) is 4.79 Å². The molecule has 0 heterocycles. The summed E-state index contributed by atoms with van der Waals surface area (Å²) in [7, 11) is 4.84. The van der Waals surface area contributed by atoms with Gasteiger partial charge in [0.05, 0.1) is 25.2 Å². The highest BCUT2D eigenvalue weighted by atomic mass is 79.9. The molecule has 0 bridgehead atoms. The zero-order valence-corrected chi connectivity index (χ0v) is 17.2. The fourth-order valence-corrected chi connectivity index (χ4v) is 2.76. The molecular formula is C17H27BrN4O3. The van der Waals surface area contributed by atoms with Crippen LogP contribution in [0.5, 0.6) is 11.5 Å². The lowest BCUT2D eigenvalue weighted by Gasteiger charge is -2.21. The summed E-state index contributed by atoms with van der Waals surface area (Å²) in [6, 6.07) is 3.82. The Balaban J connectivity index is 2.63. The van der Waals surface area contributed by atoms with Crippen molar-refractivity contribution < 1.29 is 14.3 Å². The minimum Gasteiger partial charge on any atom is -0.493 e. The quantitative estimate of drug-likeness (QED) is 0.489. The number of halogens is 1. The molecule has 0 aliphatic rings. The van der Waals surface area contributed by atoms with E-state index in [4.69, 9.17) is 9.47 Å². The van der Waals surface area contributed by atoms with Gasteiger partial charge >= 0.3 is 0 Å². The Morgan fingerprint density at radius 3 is 2.40 bits per heavy atom. The van der Waals surface area contributed by atoms with Gasteiger partial charge in [-0.15, -0.1) is 0 Å². The van der Waals surface area contributed by atoms with Crippen LogP contribution in [0.4, 0.5) is 0 Å². The smallest absolute Gasteiger partial charge is 0.239 e. The number of rotatable bonds is 6. The van der Waals surface area contributed by atoms with Crippen LogP contribution in [0.15, 0.2) is 21.6 Å². The third-order valence-corrected chi connectivity index (χ3v) is 3.70. The first-order valence-electron chi connectivity index (χ1n) is 7.86. The Morgan fingerprint density at radius 1 is 1.20 bits per heavy atom. The zero-order chi connectivity index (χ0) is 19.0. The SMILES string of the molecule is CN=C(NCC(=O)NC(C)(C)C)NCc1cc(Br)c(OC)c(OC)c1. The first-order chi connectivity index (χ1) is 11.7. The van der Waals surface area contributed by atoms with Gasteiger partial charge in [0, 0.05) is 19.1 Å². The average Bonchev–Trinajstić information content (AvgIpc) is 2.52. The normalized spacial score (nSPS) is 11.7. The Kier molecular flexibility index (Phi) is 8.02. The number of hydrogen-bond donors (Lipinski definition) is 3. The van der Waals surface area contributed by atoms with Gasteiger partial charge in [-0.1, -0.05) is 0 Å². The van der Waals surface area contributed by atoms with Crippen LogP contribution < -0.4 is 25.4 Å².